The number of rotatable bonds is 7. The second kappa shape index (κ2) is 11.7. The molecule has 226 valence electrons. The molecule has 1 aromatic carbocycles. The predicted octanol–water partition coefficient (Wildman–Crippen LogP) is 3.63. The van der Waals surface area contributed by atoms with Crippen LogP contribution in [-0.2, 0) is 27.8 Å². The quantitative estimate of drug-likeness (QED) is 0.464. The predicted molar refractivity (Wildman–Crippen MR) is 164 cm³/mol. The van der Waals surface area contributed by atoms with Crippen molar-refractivity contribution >= 4 is 17.1 Å². The first-order valence-electron chi connectivity index (χ1n) is 15.5. The lowest BCUT2D eigenvalue weighted by molar-refractivity contribution is -0.121. The average Bonchev–Trinajstić information content (AvgIpc) is 3.50. The molecule has 2 fully saturated rings. The zero-order valence-corrected chi connectivity index (χ0v) is 25.7. The minimum absolute atomic E-state index is 0.140. The van der Waals surface area contributed by atoms with Crippen LogP contribution in [0.5, 0.6) is 0 Å². The molecule has 0 bridgehead atoms. The van der Waals surface area contributed by atoms with E-state index in [9.17, 15) is 9.18 Å². The topological polar surface area (TPSA) is 65.4 Å². The number of hydrogen-bond acceptors (Lipinski definition) is 6. The molecule has 3 aromatic rings. The molecule has 0 saturated carbocycles. The van der Waals surface area contributed by atoms with Crippen molar-refractivity contribution in [2.45, 2.75) is 71.0 Å². The first kappa shape index (κ1) is 29.2. The van der Waals surface area contributed by atoms with Gasteiger partial charge in [0.2, 0.25) is 5.91 Å². The highest BCUT2D eigenvalue weighted by atomic mass is 19.1. The minimum atomic E-state index is -0.238. The van der Waals surface area contributed by atoms with Gasteiger partial charge in [0.1, 0.15) is 11.6 Å². The van der Waals surface area contributed by atoms with E-state index in [4.69, 9.17) is 9.72 Å². The number of aromatic nitrogens is 2. The summed E-state index contributed by atoms with van der Waals surface area (Å²) in [4.78, 5) is 26.0. The zero-order chi connectivity index (χ0) is 29.6. The van der Waals surface area contributed by atoms with E-state index in [1.165, 1.54) is 12.1 Å². The molecule has 3 atom stereocenters. The van der Waals surface area contributed by atoms with Crippen LogP contribution in [-0.4, -0.2) is 95.7 Å². The third-order valence-electron chi connectivity index (χ3n) is 9.37. The molecule has 8 nitrogen and oxygen atoms in total. The van der Waals surface area contributed by atoms with Crippen LogP contribution < -0.4 is 10.2 Å². The number of imidazole rings is 1. The molecular formula is C33H45FN6O2. The molecule has 6 rings (SSSR count). The number of aryl methyl sites for hydroxylation is 1. The number of carbonyl (C=O) groups excluding carboxylic acids is 1. The molecule has 0 unspecified atom stereocenters. The largest absolute Gasteiger partial charge is 0.379 e. The van der Waals surface area contributed by atoms with Crippen molar-refractivity contribution < 1.29 is 13.9 Å². The number of piperazine rings is 1. The second-order valence-electron chi connectivity index (χ2n) is 13.1. The lowest BCUT2D eigenvalue weighted by Crippen LogP contribution is -2.62. The van der Waals surface area contributed by atoms with Crippen LogP contribution in [0.1, 0.15) is 57.3 Å². The molecule has 9 heteroatoms. The van der Waals surface area contributed by atoms with Gasteiger partial charge in [-0.15, -0.1) is 0 Å². The van der Waals surface area contributed by atoms with Gasteiger partial charge in [-0.05, 0) is 49.6 Å². The summed E-state index contributed by atoms with van der Waals surface area (Å²) in [5.41, 5.74) is 5.08. The van der Waals surface area contributed by atoms with E-state index in [2.05, 4.69) is 60.2 Å². The van der Waals surface area contributed by atoms with Gasteiger partial charge in [0.15, 0.2) is 0 Å². The van der Waals surface area contributed by atoms with Crippen LogP contribution in [0.3, 0.4) is 0 Å². The SMILES string of the molecule is CCc1ncc2c(Cc3ccc(F)cc3)cc3c(n12)C(C)(C)CN3C(=O)CN1C[C@@H](C)NC[C@@H]1CN1CCOC[C@H]1C. The Bertz CT molecular complexity index is 1440. The van der Waals surface area contributed by atoms with Crippen molar-refractivity contribution in [3.05, 3.63) is 65.0 Å². The number of fused-ring (bicyclic) bond motifs is 3. The van der Waals surface area contributed by atoms with Gasteiger partial charge in [-0.25, -0.2) is 9.37 Å². The zero-order valence-electron chi connectivity index (χ0n) is 25.7. The lowest BCUT2D eigenvalue weighted by Gasteiger charge is -2.43. The standard InChI is InChI=1S/C33H45FN6O2/c1-6-30-36-16-29-25(13-24-7-9-26(34)10-8-24)14-28-32(40(29)30)33(4,5)21-39(28)31(41)19-38-17-22(2)35-15-27(38)18-37-11-12-42-20-23(37)3/h7-10,14,16,22-23,27,35H,6,11-13,15,17-21H2,1-5H3/t22-,23-,27-/m1/s1. The summed E-state index contributed by atoms with van der Waals surface area (Å²) in [6.45, 7) is 17.1. The number of morpholine rings is 1. The van der Waals surface area contributed by atoms with E-state index in [-0.39, 0.29) is 23.2 Å². The summed E-state index contributed by atoms with van der Waals surface area (Å²) in [7, 11) is 0. The van der Waals surface area contributed by atoms with Crippen LogP contribution in [0, 0.1) is 5.82 Å². The number of nitrogens with zero attached hydrogens (tertiary/aromatic N) is 5. The molecule has 42 heavy (non-hydrogen) atoms. The Kier molecular flexibility index (Phi) is 8.13. The normalized spacial score (nSPS) is 24.8. The molecule has 2 saturated heterocycles. The van der Waals surface area contributed by atoms with Gasteiger partial charge in [-0.3, -0.25) is 19.0 Å². The molecule has 2 aromatic heterocycles. The van der Waals surface area contributed by atoms with Crippen LogP contribution >= 0.6 is 0 Å². The lowest BCUT2D eigenvalue weighted by atomic mass is 9.90. The summed E-state index contributed by atoms with van der Waals surface area (Å²) in [5.74, 6) is 0.902. The highest BCUT2D eigenvalue weighted by Gasteiger charge is 2.42. The Morgan fingerprint density at radius 2 is 1.98 bits per heavy atom. The Labute approximate surface area is 248 Å². The van der Waals surface area contributed by atoms with E-state index < -0.39 is 0 Å². The fraction of sp³-hybridized carbons (Fsp3) is 0.576. The van der Waals surface area contributed by atoms with Crippen molar-refractivity contribution in [1.82, 2.24) is 24.5 Å². The maximum absolute atomic E-state index is 14.3. The molecular weight excluding hydrogens is 531 g/mol. The smallest absolute Gasteiger partial charge is 0.241 e. The molecule has 0 radical (unpaired) electrons. The first-order valence-corrected chi connectivity index (χ1v) is 15.5. The molecule has 3 aliphatic rings. The molecule has 0 aliphatic carbocycles. The highest BCUT2D eigenvalue weighted by Crippen LogP contribution is 2.43. The highest BCUT2D eigenvalue weighted by molar-refractivity contribution is 5.98. The third kappa shape index (κ3) is 5.60. The van der Waals surface area contributed by atoms with Crippen LogP contribution in [0.15, 0.2) is 36.5 Å². The third-order valence-corrected chi connectivity index (χ3v) is 9.37. The number of pyridine rings is 1. The van der Waals surface area contributed by atoms with Gasteiger partial charge < -0.3 is 15.0 Å². The fourth-order valence-electron chi connectivity index (χ4n) is 7.10. The number of carbonyl (C=O) groups is 1. The van der Waals surface area contributed by atoms with E-state index in [1.54, 1.807) is 0 Å². The van der Waals surface area contributed by atoms with Crippen molar-refractivity contribution in [1.29, 1.82) is 0 Å². The Hall–Kier alpha value is -2.85. The number of anilines is 1. The maximum Gasteiger partial charge on any atom is 0.241 e. The first-order chi connectivity index (χ1) is 20.1. The Morgan fingerprint density at radius 1 is 1.19 bits per heavy atom. The summed E-state index contributed by atoms with van der Waals surface area (Å²) in [5, 5.41) is 3.64. The van der Waals surface area contributed by atoms with E-state index in [1.807, 2.05) is 23.2 Å². The van der Waals surface area contributed by atoms with Gasteiger partial charge in [0, 0.05) is 62.7 Å². The van der Waals surface area contributed by atoms with Crippen molar-refractivity contribution in [3.63, 3.8) is 0 Å². The van der Waals surface area contributed by atoms with Crippen LogP contribution in [0.2, 0.25) is 0 Å². The summed E-state index contributed by atoms with van der Waals surface area (Å²) >= 11 is 0. The number of halogens is 1. The molecule has 1 amide bonds. The van der Waals surface area contributed by atoms with Crippen molar-refractivity contribution in [2.24, 2.45) is 0 Å². The van der Waals surface area contributed by atoms with Gasteiger partial charge in [-0.1, -0.05) is 32.9 Å². The molecule has 5 heterocycles. The van der Waals surface area contributed by atoms with E-state index in [0.717, 1.165) is 79.7 Å². The molecule has 1 N–H and O–H groups in total. The summed E-state index contributed by atoms with van der Waals surface area (Å²) in [6, 6.07) is 9.86. The number of ether oxygens (including phenoxy) is 1. The van der Waals surface area contributed by atoms with Gasteiger partial charge in [-0.2, -0.15) is 0 Å². The number of benzene rings is 1. The molecule has 0 spiro atoms. The van der Waals surface area contributed by atoms with Gasteiger partial charge in [0.05, 0.1) is 42.9 Å². The second-order valence-corrected chi connectivity index (χ2v) is 13.1. The maximum atomic E-state index is 14.3. The summed E-state index contributed by atoms with van der Waals surface area (Å²) < 4.78 is 21.6. The number of hydrogen-bond donors (Lipinski definition) is 1. The average molecular weight is 577 g/mol. The van der Waals surface area contributed by atoms with Crippen molar-refractivity contribution in [2.75, 3.05) is 57.4 Å². The fourth-order valence-corrected chi connectivity index (χ4v) is 7.10. The van der Waals surface area contributed by atoms with Crippen molar-refractivity contribution in [3.8, 4) is 0 Å². The molecule has 3 aliphatic heterocycles. The van der Waals surface area contributed by atoms with E-state index >= 15 is 0 Å². The van der Waals surface area contributed by atoms with Crippen LogP contribution in [0.4, 0.5) is 10.1 Å². The van der Waals surface area contributed by atoms with E-state index in [0.29, 0.717) is 31.6 Å². The Morgan fingerprint density at radius 3 is 2.71 bits per heavy atom. The summed E-state index contributed by atoms with van der Waals surface area (Å²) in [6.07, 6.45) is 3.40. The number of amides is 1. The minimum Gasteiger partial charge on any atom is -0.379 e. The number of nitrogens with one attached hydrogen (secondary N) is 1. The van der Waals surface area contributed by atoms with Crippen LogP contribution in [0.25, 0.3) is 5.52 Å². The Balaban J connectivity index is 1.32. The van der Waals surface area contributed by atoms with Gasteiger partial charge >= 0.3 is 0 Å². The van der Waals surface area contributed by atoms with Gasteiger partial charge in [0.25, 0.3) is 0 Å². The monoisotopic (exact) mass is 576 g/mol.